The maximum Gasteiger partial charge on any atom is 0.255 e. The third-order valence-electron chi connectivity index (χ3n) is 4.52. The van der Waals surface area contributed by atoms with Gasteiger partial charge in [0.05, 0.1) is 10.6 Å². The highest BCUT2D eigenvalue weighted by molar-refractivity contribution is 6.33. The molecule has 0 heterocycles. The molecule has 1 aliphatic carbocycles. The Hall–Kier alpha value is -1.87. The van der Waals surface area contributed by atoms with Crippen molar-refractivity contribution in [3.05, 3.63) is 70.5 Å². The number of amides is 1. The van der Waals surface area contributed by atoms with Crippen LogP contribution in [-0.4, -0.2) is 11.9 Å². The van der Waals surface area contributed by atoms with Crippen LogP contribution in [0.4, 0.5) is 4.39 Å². The first-order valence-electron chi connectivity index (χ1n) is 7.95. The SMILES string of the molecule is O=C(NC1CCC(c2ccccc2)CC1)c1c(F)cccc1Cl. The van der Waals surface area contributed by atoms with Crippen molar-refractivity contribution in [2.75, 3.05) is 0 Å². The molecule has 0 aliphatic heterocycles. The van der Waals surface area contributed by atoms with Crippen LogP contribution in [-0.2, 0) is 0 Å². The van der Waals surface area contributed by atoms with E-state index in [1.807, 2.05) is 6.07 Å². The lowest BCUT2D eigenvalue weighted by Gasteiger charge is -2.29. The molecule has 1 N–H and O–H groups in total. The number of benzene rings is 2. The Kier molecular flexibility index (Phi) is 4.97. The predicted molar refractivity (Wildman–Crippen MR) is 90.3 cm³/mol. The van der Waals surface area contributed by atoms with E-state index in [9.17, 15) is 9.18 Å². The van der Waals surface area contributed by atoms with E-state index < -0.39 is 11.7 Å². The molecule has 23 heavy (non-hydrogen) atoms. The monoisotopic (exact) mass is 331 g/mol. The van der Waals surface area contributed by atoms with Gasteiger partial charge in [-0.25, -0.2) is 4.39 Å². The summed E-state index contributed by atoms with van der Waals surface area (Å²) in [5.74, 6) is -0.453. The lowest BCUT2D eigenvalue weighted by molar-refractivity contribution is 0.0922. The zero-order valence-corrected chi connectivity index (χ0v) is 13.5. The standard InChI is InChI=1S/C19H19ClFNO/c20-16-7-4-8-17(21)18(16)19(23)22-15-11-9-14(10-12-15)13-5-2-1-3-6-13/h1-8,14-15H,9-12H2,(H,22,23). The summed E-state index contributed by atoms with van der Waals surface area (Å²) in [6, 6.07) is 14.8. The smallest absolute Gasteiger partial charge is 0.255 e. The van der Waals surface area contributed by atoms with Crippen molar-refractivity contribution in [3.63, 3.8) is 0 Å². The minimum atomic E-state index is -0.576. The van der Waals surface area contributed by atoms with Crippen molar-refractivity contribution < 1.29 is 9.18 Å². The molecular formula is C19H19ClFNO. The topological polar surface area (TPSA) is 29.1 Å². The van der Waals surface area contributed by atoms with Crippen molar-refractivity contribution in [2.45, 2.75) is 37.6 Å². The zero-order chi connectivity index (χ0) is 16.2. The number of halogens is 2. The number of rotatable bonds is 3. The van der Waals surface area contributed by atoms with Crippen LogP contribution in [0.3, 0.4) is 0 Å². The molecule has 1 aliphatic rings. The van der Waals surface area contributed by atoms with Gasteiger partial charge in [-0.05, 0) is 49.3 Å². The van der Waals surface area contributed by atoms with Gasteiger partial charge < -0.3 is 5.32 Å². The van der Waals surface area contributed by atoms with E-state index in [-0.39, 0.29) is 16.6 Å². The van der Waals surface area contributed by atoms with Gasteiger partial charge in [0.2, 0.25) is 0 Å². The minimum absolute atomic E-state index is 0.0562. The second-order valence-electron chi connectivity index (χ2n) is 6.03. The normalized spacial score (nSPS) is 21.0. The molecule has 0 saturated heterocycles. The second-order valence-corrected chi connectivity index (χ2v) is 6.44. The van der Waals surface area contributed by atoms with E-state index in [2.05, 4.69) is 29.6 Å². The molecule has 0 spiro atoms. The summed E-state index contributed by atoms with van der Waals surface area (Å²) in [6.45, 7) is 0. The first-order chi connectivity index (χ1) is 11.1. The van der Waals surface area contributed by atoms with Crippen molar-refractivity contribution in [2.24, 2.45) is 0 Å². The summed E-state index contributed by atoms with van der Waals surface area (Å²) in [6.07, 6.45) is 3.86. The Morgan fingerprint density at radius 1 is 1.00 bits per heavy atom. The molecule has 0 aromatic heterocycles. The van der Waals surface area contributed by atoms with Gasteiger partial charge in [-0.3, -0.25) is 4.79 Å². The fraction of sp³-hybridized carbons (Fsp3) is 0.316. The Labute approximate surface area is 140 Å². The predicted octanol–water partition coefficient (Wildman–Crippen LogP) is 4.94. The fourth-order valence-corrected chi connectivity index (χ4v) is 3.52. The van der Waals surface area contributed by atoms with Crippen LogP contribution in [0.5, 0.6) is 0 Å². The molecule has 2 aromatic carbocycles. The van der Waals surface area contributed by atoms with E-state index in [1.54, 1.807) is 0 Å². The van der Waals surface area contributed by atoms with E-state index in [0.717, 1.165) is 25.7 Å². The zero-order valence-electron chi connectivity index (χ0n) is 12.8. The first-order valence-corrected chi connectivity index (χ1v) is 8.33. The average Bonchev–Trinajstić information content (AvgIpc) is 2.56. The largest absolute Gasteiger partial charge is 0.349 e. The highest BCUT2D eigenvalue weighted by Gasteiger charge is 2.25. The number of hydrogen-bond donors (Lipinski definition) is 1. The summed E-state index contributed by atoms with van der Waals surface area (Å²) in [5, 5.41) is 3.08. The Bertz CT molecular complexity index is 661. The highest BCUT2D eigenvalue weighted by Crippen LogP contribution is 2.33. The van der Waals surface area contributed by atoms with E-state index in [4.69, 9.17) is 11.6 Å². The number of hydrogen-bond acceptors (Lipinski definition) is 1. The summed E-state index contributed by atoms with van der Waals surface area (Å²) in [5.41, 5.74) is 1.30. The van der Waals surface area contributed by atoms with Gasteiger partial charge in [-0.1, -0.05) is 48.0 Å². The molecule has 0 bridgehead atoms. The average molecular weight is 332 g/mol. The number of carbonyl (C=O) groups excluding carboxylic acids is 1. The van der Waals surface area contributed by atoms with Crippen molar-refractivity contribution in [1.82, 2.24) is 5.32 Å². The Morgan fingerprint density at radius 3 is 2.35 bits per heavy atom. The number of carbonyl (C=O) groups is 1. The lowest BCUT2D eigenvalue weighted by atomic mass is 9.82. The third kappa shape index (κ3) is 3.73. The maximum absolute atomic E-state index is 13.8. The molecule has 1 saturated carbocycles. The van der Waals surface area contributed by atoms with Crippen molar-refractivity contribution in [1.29, 1.82) is 0 Å². The highest BCUT2D eigenvalue weighted by atomic mass is 35.5. The Morgan fingerprint density at radius 2 is 1.70 bits per heavy atom. The van der Waals surface area contributed by atoms with Crippen LogP contribution in [0, 0.1) is 5.82 Å². The second kappa shape index (κ2) is 7.14. The first kappa shape index (κ1) is 16.0. The summed E-state index contributed by atoms with van der Waals surface area (Å²) in [7, 11) is 0. The molecule has 2 nitrogen and oxygen atoms in total. The molecule has 0 unspecified atom stereocenters. The third-order valence-corrected chi connectivity index (χ3v) is 4.84. The molecule has 0 radical (unpaired) electrons. The van der Waals surface area contributed by atoms with E-state index >= 15 is 0 Å². The minimum Gasteiger partial charge on any atom is -0.349 e. The van der Waals surface area contributed by atoms with Gasteiger partial charge in [0.1, 0.15) is 5.82 Å². The van der Waals surface area contributed by atoms with Crippen LogP contribution in [0.2, 0.25) is 5.02 Å². The van der Waals surface area contributed by atoms with Crippen LogP contribution in [0.1, 0.15) is 47.5 Å². The Balaban J connectivity index is 1.60. The molecule has 3 rings (SSSR count). The van der Waals surface area contributed by atoms with Crippen molar-refractivity contribution in [3.8, 4) is 0 Å². The van der Waals surface area contributed by atoms with Crippen LogP contribution in [0.15, 0.2) is 48.5 Å². The van der Waals surface area contributed by atoms with E-state index in [0.29, 0.717) is 5.92 Å². The molecular weight excluding hydrogens is 313 g/mol. The van der Waals surface area contributed by atoms with Gasteiger partial charge in [0, 0.05) is 6.04 Å². The lowest BCUT2D eigenvalue weighted by Crippen LogP contribution is -2.37. The van der Waals surface area contributed by atoms with Gasteiger partial charge in [-0.2, -0.15) is 0 Å². The van der Waals surface area contributed by atoms with Gasteiger partial charge in [-0.15, -0.1) is 0 Å². The van der Waals surface area contributed by atoms with Gasteiger partial charge in [0.15, 0.2) is 0 Å². The summed E-state index contributed by atoms with van der Waals surface area (Å²) in [4.78, 5) is 12.3. The fourth-order valence-electron chi connectivity index (χ4n) is 3.27. The maximum atomic E-state index is 13.8. The van der Waals surface area contributed by atoms with Crippen molar-refractivity contribution >= 4 is 17.5 Å². The van der Waals surface area contributed by atoms with Gasteiger partial charge in [0.25, 0.3) is 5.91 Å². The van der Waals surface area contributed by atoms with Crippen LogP contribution < -0.4 is 5.32 Å². The number of nitrogens with one attached hydrogen (secondary N) is 1. The van der Waals surface area contributed by atoms with Crippen LogP contribution >= 0.6 is 11.6 Å². The molecule has 2 aromatic rings. The quantitative estimate of drug-likeness (QED) is 0.848. The molecule has 1 amide bonds. The van der Waals surface area contributed by atoms with Gasteiger partial charge >= 0.3 is 0 Å². The van der Waals surface area contributed by atoms with Crippen LogP contribution in [0.25, 0.3) is 0 Å². The summed E-state index contributed by atoms with van der Waals surface area (Å²) >= 11 is 5.94. The van der Waals surface area contributed by atoms with E-state index in [1.165, 1.54) is 23.8 Å². The molecule has 4 heteroatoms. The molecule has 120 valence electrons. The summed E-state index contributed by atoms with van der Waals surface area (Å²) < 4.78 is 13.8. The molecule has 0 atom stereocenters. The molecule has 1 fully saturated rings.